The number of nitro groups is 1. The van der Waals surface area contributed by atoms with E-state index < -0.39 is 4.92 Å². The first-order valence-electron chi connectivity index (χ1n) is 6.43. The zero-order chi connectivity index (χ0) is 16.7. The van der Waals surface area contributed by atoms with Gasteiger partial charge in [-0.25, -0.2) is 0 Å². The minimum atomic E-state index is -0.549. The second kappa shape index (κ2) is 5.68. The van der Waals surface area contributed by atoms with E-state index in [9.17, 15) is 14.9 Å². The van der Waals surface area contributed by atoms with Crippen molar-refractivity contribution in [1.82, 2.24) is 0 Å². The number of nitro benzene ring substituents is 1. The zero-order valence-electron chi connectivity index (χ0n) is 12.1. The monoisotopic (exact) mass is 351 g/mol. The summed E-state index contributed by atoms with van der Waals surface area (Å²) < 4.78 is 11.0. The van der Waals surface area contributed by atoms with Crippen molar-refractivity contribution in [1.29, 1.82) is 0 Å². The Balaban J connectivity index is 2.57. The van der Waals surface area contributed by atoms with Gasteiger partial charge in [-0.2, -0.15) is 0 Å². The summed E-state index contributed by atoms with van der Waals surface area (Å²) >= 11 is 7.36. The third kappa shape index (κ3) is 2.38. The van der Waals surface area contributed by atoms with Gasteiger partial charge in [0, 0.05) is 10.1 Å². The number of nitrogens with zero attached hydrogens (tertiary/aromatic N) is 1. The van der Waals surface area contributed by atoms with Gasteiger partial charge >= 0.3 is 0 Å². The second-order valence-electron chi connectivity index (χ2n) is 4.67. The molecule has 6 nitrogen and oxygen atoms in total. The van der Waals surface area contributed by atoms with Gasteiger partial charge in [-0.15, -0.1) is 11.3 Å². The molecule has 0 aliphatic heterocycles. The second-order valence-corrected chi connectivity index (χ2v) is 6.10. The van der Waals surface area contributed by atoms with Crippen LogP contribution in [0.2, 0.25) is 5.02 Å². The third-order valence-electron chi connectivity index (χ3n) is 3.45. The van der Waals surface area contributed by atoms with Crippen molar-refractivity contribution in [3.8, 4) is 11.5 Å². The van der Waals surface area contributed by atoms with Crippen molar-refractivity contribution in [2.24, 2.45) is 0 Å². The molecule has 3 rings (SSSR count). The summed E-state index contributed by atoms with van der Waals surface area (Å²) in [6.45, 7) is 0. The fraction of sp³-hybridized carbons (Fsp3) is 0.133. The highest BCUT2D eigenvalue weighted by Gasteiger charge is 2.23. The molecule has 2 aromatic carbocycles. The number of hydrogen-bond donors (Lipinski definition) is 0. The van der Waals surface area contributed by atoms with Gasteiger partial charge in [0.05, 0.1) is 35.6 Å². The van der Waals surface area contributed by atoms with Crippen molar-refractivity contribution in [2.75, 3.05) is 14.2 Å². The van der Waals surface area contributed by atoms with E-state index >= 15 is 0 Å². The molecule has 0 atom stereocenters. The van der Waals surface area contributed by atoms with Gasteiger partial charge in [0.25, 0.3) is 5.69 Å². The molecule has 0 spiro atoms. The first kappa shape index (κ1) is 15.5. The van der Waals surface area contributed by atoms with Crippen LogP contribution in [0.15, 0.2) is 29.1 Å². The van der Waals surface area contributed by atoms with Crippen LogP contribution in [-0.4, -0.2) is 19.1 Å². The Morgan fingerprint density at radius 1 is 1.22 bits per heavy atom. The lowest BCUT2D eigenvalue weighted by atomic mass is 10.1. The van der Waals surface area contributed by atoms with E-state index in [1.54, 1.807) is 18.2 Å². The Kier molecular flexibility index (Phi) is 3.83. The van der Waals surface area contributed by atoms with Crippen molar-refractivity contribution in [2.45, 2.75) is 0 Å². The molecule has 8 heteroatoms. The zero-order valence-corrected chi connectivity index (χ0v) is 13.7. The molecule has 3 aromatic rings. The molecule has 0 bridgehead atoms. The maximum Gasteiger partial charge on any atom is 0.291 e. The maximum absolute atomic E-state index is 12.8. The largest absolute Gasteiger partial charge is 0.497 e. The topological polar surface area (TPSA) is 78.7 Å². The van der Waals surface area contributed by atoms with Crippen molar-refractivity contribution < 1.29 is 14.4 Å². The van der Waals surface area contributed by atoms with E-state index in [1.807, 2.05) is 0 Å². The molecular formula is C15H10ClNO5S. The Bertz CT molecular complexity index is 1010. The molecule has 1 aromatic heterocycles. The molecule has 0 aliphatic carbocycles. The Morgan fingerprint density at radius 3 is 2.57 bits per heavy atom. The minimum absolute atomic E-state index is 0.0686. The van der Waals surface area contributed by atoms with Crippen LogP contribution in [0.3, 0.4) is 0 Å². The number of ether oxygens (including phenoxy) is 2. The predicted octanol–water partition coefficient (Wildman–Crippen LogP) is 3.99. The lowest BCUT2D eigenvalue weighted by Gasteiger charge is -2.08. The minimum Gasteiger partial charge on any atom is -0.497 e. The lowest BCUT2D eigenvalue weighted by Crippen LogP contribution is -2.04. The van der Waals surface area contributed by atoms with E-state index in [0.29, 0.717) is 15.8 Å². The highest BCUT2D eigenvalue weighted by Crippen LogP contribution is 2.41. The molecule has 0 saturated heterocycles. The van der Waals surface area contributed by atoms with Gasteiger partial charge in [-0.1, -0.05) is 11.6 Å². The average molecular weight is 352 g/mol. The fourth-order valence-corrected chi connectivity index (χ4v) is 3.86. The molecular weight excluding hydrogens is 342 g/mol. The van der Waals surface area contributed by atoms with Crippen LogP contribution in [0, 0.1) is 10.1 Å². The number of methoxy groups -OCH3 is 2. The highest BCUT2D eigenvalue weighted by atomic mass is 35.5. The predicted molar refractivity (Wildman–Crippen MR) is 90.4 cm³/mol. The van der Waals surface area contributed by atoms with Gasteiger partial charge in [0.15, 0.2) is 5.43 Å². The number of halogens is 1. The number of fused-ring (bicyclic) bond motifs is 2. The van der Waals surface area contributed by atoms with E-state index in [2.05, 4.69) is 0 Å². The molecule has 1 heterocycles. The summed E-state index contributed by atoms with van der Waals surface area (Å²) in [6, 6.07) is 6.22. The summed E-state index contributed by atoms with van der Waals surface area (Å²) in [4.78, 5) is 23.6. The fourth-order valence-electron chi connectivity index (χ4n) is 2.34. The summed E-state index contributed by atoms with van der Waals surface area (Å²) in [5.41, 5.74) is -0.597. The van der Waals surface area contributed by atoms with Crippen molar-refractivity contribution in [3.63, 3.8) is 0 Å². The van der Waals surface area contributed by atoms with Gasteiger partial charge in [-0.05, 0) is 18.2 Å². The molecule has 0 saturated carbocycles. The van der Waals surface area contributed by atoms with Crippen LogP contribution in [0.25, 0.3) is 20.2 Å². The number of non-ortho nitro benzene ring substituents is 1. The van der Waals surface area contributed by atoms with Crippen LogP contribution < -0.4 is 14.9 Å². The Labute approximate surface area is 139 Å². The molecule has 23 heavy (non-hydrogen) atoms. The Morgan fingerprint density at radius 2 is 1.96 bits per heavy atom. The van der Waals surface area contributed by atoms with E-state index in [4.69, 9.17) is 21.1 Å². The SMILES string of the molecule is COc1ccc2sc3c([N+](=O)[O-])cc(OC)c(Cl)c3c(=O)c2c1. The first-order valence-corrected chi connectivity index (χ1v) is 7.62. The van der Waals surface area contributed by atoms with Crippen molar-refractivity contribution >= 4 is 48.8 Å². The van der Waals surface area contributed by atoms with Crippen LogP contribution >= 0.6 is 22.9 Å². The Hall–Kier alpha value is -2.38. The van der Waals surface area contributed by atoms with Crippen LogP contribution in [0.1, 0.15) is 0 Å². The number of rotatable bonds is 3. The van der Waals surface area contributed by atoms with Gasteiger partial charge in [0.2, 0.25) is 0 Å². The average Bonchev–Trinajstić information content (AvgIpc) is 2.54. The smallest absolute Gasteiger partial charge is 0.291 e. The summed E-state index contributed by atoms with van der Waals surface area (Å²) in [5, 5.41) is 11.9. The van der Waals surface area contributed by atoms with E-state index in [-0.39, 0.29) is 32.0 Å². The lowest BCUT2D eigenvalue weighted by molar-refractivity contribution is -0.382. The maximum atomic E-state index is 12.8. The first-order chi connectivity index (χ1) is 11.0. The molecule has 0 N–H and O–H groups in total. The van der Waals surface area contributed by atoms with E-state index in [0.717, 1.165) is 11.3 Å². The molecule has 0 radical (unpaired) electrons. The van der Waals surface area contributed by atoms with Gasteiger partial charge in [-0.3, -0.25) is 14.9 Å². The molecule has 0 aliphatic rings. The highest BCUT2D eigenvalue weighted by molar-refractivity contribution is 7.25. The standard InChI is InChI=1S/C15H10ClNO5S/c1-21-7-3-4-11-8(5-7)14(18)12-13(16)10(22-2)6-9(17(19)20)15(12)23-11/h3-6H,1-2H3. The van der Waals surface area contributed by atoms with Crippen molar-refractivity contribution in [3.05, 3.63) is 49.6 Å². The summed E-state index contributed by atoms with van der Waals surface area (Å²) in [7, 11) is 2.84. The van der Waals surface area contributed by atoms with E-state index in [1.165, 1.54) is 20.3 Å². The van der Waals surface area contributed by atoms with Crippen LogP contribution in [0.5, 0.6) is 11.5 Å². The number of hydrogen-bond acceptors (Lipinski definition) is 6. The van der Waals surface area contributed by atoms with Crippen LogP contribution in [-0.2, 0) is 0 Å². The normalized spacial score (nSPS) is 10.9. The summed E-state index contributed by atoms with van der Waals surface area (Å²) in [5.74, 6) is 0.618. The summed E-state index contributed by atoms with van der Waals surface area (Å²) in [6.07, 6.45) is 0. The third-order valence-corrected chi connectivity index (χ3v) is 5.02. The number of benzene rings is 2. The van der Waals surface area contributed by atoms with Crippen LogP contribution in [0.4, 0.5) is 5.69 Å². The quantitative estimate of drug-likeness (QED) is 0.405. The molecule has 0 amide bonds. The van der Waals surface area contributed by atoms with Gasteiger partial charge in [0.1, 0.15) is 16.2 Å². The molecule has 0 unspecified atom stereocenters. The molecule has 118 valence electrons. The molecule has 0 fully saturated rings. The van der Waals surface area contributed by atoms with Gasteiger partial charge < -0.3 is 9.47 Å².